The van der Waals surface area contributed by atoms with Crippen molar-refractivity contribution in [3.63, 3.8) is 0 Å². The molecule has 0 atom stereocenters. The van der Waals surface area contributed by atoms with Crippen LogP contribution in [0, 0.1) is 5.82 Å². The van der Waals surface area contributed by atoms with Crippen LogP contribution in [-0.4, -0.2) is 10.9 Å². The number of rotatable bonds is 3. The zero-order valence-corrected chi connectivity index (χ0v) is 11.2. The molecule has 2 rings (SSSR count). The van der Waals surface area contributed by atoms with Crippen molar-refractivity contribution in [1.82, 2.24) is 4.98 Å². The average Bonchev–Trinajstić information content (AvgIpc) is 2.41. The summed E-state index contributed by atoms with van der Waals surface area (Å²) in [6, 6.07) is 7.04. The lowest BCUT2D eigenvalue weighted by atomic mass is 10.2. The van der Waals surface area contributed by atoms with Crippen LogP contribution in [0.5, 0.6) is 0 Å². The van der Waals surface area contributed by atoms with Gasteiger partial charge in [0.25, 0.3) is 5.91 Å². The second kappa shape index (κ2) is 5.77. The highest BCUT2D eigenvalue weighted by Gasteiger charge is 2.13. The van der Waals surface area contributed by atoms with Crippen molar-refractivity contribution in [2.75, 3.05) is 10.7 Å². The number of hydrogen-bond donors (Lipinski definition) is 3. The molecular formula is C12H10BrFN4O. The number of hydrazine groups is 1. The van der Waals surface area contributed by atoms with Gasteiger partial charge in [-0.25, -0.2) is 15.2 Å². The molecule has 19 heavy (non-hydrogen) atoms. The highest BCUT2D eigenvalue weighted by Crippen LogP contribution is 2.19. The molecule has 0 aliphatic heterocycles. The average molecular weight is 325 g/mol. The lowest BCUT2D eigenvalue weighted by Gasteiger charge is -2.09. The van der Waals surface area contributed by atoms with Crippen molar-refractivity contribution in [3.05, 3.63) is 52.4 Å². The van der Waals surface area contributed by atoms with Crippen molar-refractivity contribution >= 4 is 33.3 Å². The van der Waals surface area contributed by atoms with E-state index in [1.807, 2.05) is 0 Å². The number of nitrogens with one attached hydrogen (secondary N) is 2. The van der Waals surface area contributed by atoms with Crippen LogP contribution in [0.2, 0.25) is 0 Å². The van der Waals surface area contributed by atoms with Gasteiger partial charge in [-0.05, 0) is 46.3 Å². The Morgan fingerprint density at radius 2 is 2.00 bits per heavy atom. The van der Waals surface area contributed by atoms with E-state index in [2.05, 4.69) is 31.7 Å². The molecule has 1 aromatic carbocycles. The normalized spacial score (nSPS) is 10.1. The van der Waals surface area contributed by atoms with Gasteiger partial charge in [-0.2, -0.15) is 0 Å². The first-order valence-corrected chi connectivity index (χ1v) is 6.08. The third-order valence-electron chi connectivity index (χ3n) is 2.34. The maximum Gasteiger partial charge on any atom is 0.259 e. The van der Waals surface area contributed by atoms with Crippen molar-refractivity contribution in [1.29, 1.82) is 0 Å². The minimum absolute atomic E-state index is 0.253. The van der Waals surface area contributed by atoms with Gasteiger partial charge in [-0.1, -0.05) is 0 Å². The molecule has 5 nitrogen and oxygen atoms in total. The lowest BCUT2D eigenvalue weighted by molar-refractivity contribution is 0.102. The van der Waals surface area contributed by atoms with E-state index in [1.54, 1.807) is 6.07 Å². The summed E-state index contributed by atoms with van der Waals surface area (Å²) in [5, 5.41) is 2.63. The minimum atomic E-state index is -0.395. The molecule has 98 valence electrons. The number of benzene rings is 1. The highest BCUT2D eigenvalue weighted by molar-refractivity contribution is 9.10. The maximum atomic E-state index is 12.8. The summed E-state index contributed by atoms with van der Waals surface area (Å²) in [5.74, 6) is 4.78. The van der Waals surface area contributed by atoms with Crippen LogP contribution in [-0.2, 0) is 0 Å². The number of nitrogens with zero attached hydrogens (tertiary/aromatic N) is 1. The fourth-order valence-corrected chi connectivity index (χ4v) is 1.79. The molecule has 0 fully saturated rings. The van der Waals surface area contributed by atoms with Gasteiger partial charge in [0.2, 0.25) is 0 Å². The molecular weight excluding hydrogens is 315 g/mol. The van der Waals surface area contributed by atoms with Gasteiger partial charge in [-0.15, -0.1) is 0 Å². The van der Waals surface area contributed by atoms with E-state index >= 15 is 0 Å². The minimum Gasteiger partial charge on any atom is -0.322 e. The van der Waals surface area contributed by atoms with Crippen LogP contribution in [0.15, 0.2) is 41.0 Å². The Kier molecular flexibility index (Phi) is 4.08. The van der Waals surface area contributed by atoms with E-state index in [-0.39, 0.29) is 17.2 Å². The summed E-state index contributed by atoms with van der Waals surface area (Å²) >= 11 is 3.23. The molecule has 0 bridgehead atoms. The number of carbonyl (C=O) groups is 1. The largest absolute Gasteiger partial charge is 0.322 e. The standard InChI is InChI=1S/C12H10BrFN4O/c13-7-5-10(11(18-15)16-6-7)12(19)17-9-3-1-8(14)2-4-9/h1-6H,15H2,(H,16,18)(H,17,19). The van der Waals surface area contributed by atoms with Gasteiger partial charge >= 0.3 is 0 Å². The Hall–Kier alpha value is -1.99. The molecule has 0 saturated carbocycles. The maximum absolute atomic E-state index is 12.8. The molecule has 2 aromatic rings. The number of hydrogen-bond acceptors (Lipinski definition) is 4. The van der Waals surface area contributed by atoms with Gasteiger partial charge in [0.05, 0.1) is 5.56 Å². The molecule has 1 amide bonds. The quantitative estimate of drug-likeness (QED) is 0.598. The molecule has 0 unspecified atom stereocenters. The predicted octanol–water partition coefficient (Wildman–Crippen LogP) is 2.52. The van der Waals surface area contributed by atoms with Crippen molar-refractivity contribution in [2.24, 2.45) is 5.84 Å². The van der Waals surface area contributed by atoms with Crippen LogP contribution in [0.4, 0.5) is 15.9 Å². The Morgan fingerprint density at radius 3 is 2.63 bits per heavy atom. The monoisotopic (exact) mass is 324 g/mol. The van der Waals surface area contributed by atoms with Crippen molar-refractivity contribution in [2.45, 2.75) is 0 Å². The van der Waals surface area contributed by atoms with Crippen LogP contribution in [0.3, 0.4) is 0 Å². The third kappa shape index (κ3) is 3.27. The number of halogens is 2. The van der Waals surface area contributed by atoms with Gasteiger partial charge in [0.15, 0.2) is 5.82 Å². The van der Waals surface area contributed by atoms with E-state index in [0.717, 1.165) is 0 Å². The number of pyridine rings is 1. The zero-order valence-electron chi connectivity index (χ0n) is 9.65. The Morgan fingerprint density at radius 1 is 1.32 bits per heavy atom. The number of nitrogen functional groups attached to an aromatic ring is 1. The molecule has 4 N–H and O–H groups in total. The number of nitrogens with two attached hydrogens (primary N) is 1. The number of anilines is 2. The molecule has 0 radical (unpaired) electrons. The summed E-state index contributed by atoms with van der Waals surface area (Å²) in [5.41, 5.74) is 3.11. The Balaban J connectivity index is 2.24. The zero-order chi connectivity index (χ0) is 13.8. The first-order chi connectivity index (χ1) is 9.10. The first-order valence-electron chi connectivity index (χ1n) is 5.29. The Bertz CT molecular complexity index is 603. The molecule has 0 spiro atoms. The molecule has 0 saturated heterocycles. The number of carbonyl (C=O) groups excluding carboxylic acids is 1. The lowest BCUT2D eigenvalue weighted by Crippen LogP contribution is -2.18. The van der Waals surface area contributed by atoms with Crippen LogP contribution < -0.4 is 16.6 Å². The molecule has 7 heteroatoms. The van der Waals surface area contributed by atoms with E-state index in [9.17, 15) is 9.18 Å². The summed E-state index contributed by atoms with van der Waals surface area (Å²) in [4.78, 5) is 16.0. The molecule has 0 aliphatic rings. The van der Waals surface area contributed by atoms with Crippen molar-refractivity contribution < 1.29 is 9.18 Å². The fraction of sp³-hybridized carbons (Fsp3) is 0. The molecule has 0 aliphatic carbocycles. The van der Waals surface area contributed by atoms with E-state index in [0.29, 0.717) is 10.2 Å². The number of aromatic nitrogens is 1. The third-order valence-corrected chi connectivity index (χ3v) is 2.77. The topological polar surface area (TPSA) is 80.0 Å². The molecule has 1 aromatic heterocycles. The Labute approximate surface area is 117 Å². The van der Waals surface area contributed by atoms with Crippen LogP contribution in [0.25, 0.3) is 0 Å². The summed E-state index contributed by atoms with van der Waals surface area (Å²) in [6.45, 7) is 0. The van der Waals surface area contributed by atoms with Crippen LogP contribution in [0.1, 0.15) is 10.4 Å². The predicted molar refractivity (Wildman–Crippen MR) is 74.1 cm³/mol. The van der Waals surface area contributed by atoms with Gasteiger partial charge in [-0.3, -0.25) is 4.79 Å². The highest BCUT2D eigenvalue weighted by atomic mass is 79.9. The smallest absolute Gasteiger partial charge is 0.259 e. The summed E-state index contributed by atoms with van der Waals surface area (Å²) in [7, 11) is 0. The van der Waals surface area contributed by atoms with E-state index < -0.39 is 5.91 Å². The number of amides is 1. The van der Waals surface area contributed by atoms with Gasteiger partial charge < -0.3 is 10.7 Å². The van der Waals surface area contributed by atoms with Crippen molar-refractivity contribution in [3.8, 4) is 0 Å². The van der Waals surface area contributed by atoms with E-state index in [1.165, 1.54) is 30.5 Å². The molecule has 1 heterocycles. The van der Waals surface area contributed by atoms with Gasteiger partial charge in [0.1, 0.15) is 5.82 Å². The fourth-order valence-electron chi connectivity index (χ4n) is 1.46. The van der Waals surface area contributed by atoms with Gasteiger partial charge in [0, 0.05) is 16.4 Å². The SMILES string of the molecule is NNc1ncc(Br)cc1C(=O)Nc1ccc(F)cc1. The first kappa shape index (κ1) is 13.4. The second-order valence-electron chi connectivity index (χ2n) is 3.66. The summed E-state index contributed by atoms with van der Waals surface area (Å²) in [6.07, 6.45) is 1.52. The van der Waals surface area contributed by atoms with Crippen LogP contribution >= 0.6 is 15.9 Å². The summed E-state index contributed by atoms with van der Waals surface area (Å²) < 4.78 is 13.4. The second-order valence-corrected chi connectivity index (χ2v) is 4.57. The van der Waals surface area contributed by atoms with E-state index in [4.69, 9.17) is 5.84 Å².